The van der Waals surface area contributed by atoms with Crippen molar-refractivity contribution in [3.63, 3.8) is 0 Å². The SMILES string of the molecule is C=Cc1c(/C=C\C)c2ccccc2c2cc(N3c4ccccc4Oc4cc5c(cc43)Sc3ccccc3C5(C)C)ccc12. The highest BCUT2D eigenvalue weighted by molar-refractivity contribution is 7.99. The predicted molar refractivity (Wildman–Crippen MR) is 184 cm³/mol. The van der Waals surface area contributed by atoms with Crippen molar-refractivity contribution in [2.45, 2.75) is 36.0 Å². The first-order chi connectivity index (χ1) is 21.0. The third kappa shape index (κ3) is 3.81. The van der Waals surface area contributed by atoms with Crippen molar-refractivity contribution in [3.8, 4) is 11.5 Å². The molecule has 0 unspecified atom stereocenters. The van der Waals surface area contributed by atoms with Gasteiger partial charge in [-0.25, -0.2) is 0 Å². The molecule has 2 aliphatic heterocycles. The van der Waals surface area contributed by atoms with Gasteiger partial charge >= 0.3 is 0 Å². The highest BCUT2D eigenvalue weighted by Crippen LogP contribution is 2.57. The Morgan fingerprint density at radius 1 is 0.674 bits per heavy atom. The molecule has 6 aromatic rings. The largest absolute Gasteiger partial charge is 0.453 e. The molecule has 208 valence electrons. The van der Waals surface area contributed by atoms with Crippen LogP contribution in [0.25, 0.3) is 33.7 Å². The van der Waals surface area contributed by atoms with Gasteiger partial charge in [-0.05, 0) is 93.2 Å². The van der Waals surface area contributed by atoms with E-state index < -0.39 is 0 Å². The molecular weight excluding hydrogens is 543 g/mol. The van der Waals surface area contributed by atoms with E-state index in [-0.39, 0.29) is 5.41 Å². The second-order valence-electron chi connectivity index (χ2n) is 11.8. The molecule has 0 bridgehead atoms. The third-order valence-corrected chi connectivity index (χ3v) is 10.1. The lowest BCUT2D eigenvalue weighted by atomic mass is 9.77. The molecule has 0 fully saturated rings. The van der Waals surface area contributed by atoms with Crippen LogP contribution in [0.3, 0.4) is 0 Å². The van der Waals surface area contributed by atoms with E-state index in [1.54, 1.807) is 0 Å². The van der Waals surface area contributed by atoms with Crippen LogP contribution < -0.4 is 9.64 Å². The van der Waals surface area contributed by atoms with E-state index >= 15 is 0 Å². The van der Waals surface area contributed by atoms with Crippen molar-refractivity contribution in [1.29, 1.82) is 0 Å². The van der Waals surface area contributed by atoms with Crippen LogP contribution in [0.1, 0.15) is 43.0 Å². The lowest BCUT2D eigenvalue weighted by Crippen LogP contribution is -2.25. The summed E-state index contributed by atoms with van der Waals surface area (Å²) in [7, 11) is 0. The Hall–Kier alpha value is -4.73. The summed E-state index contributed by atoms with van der Waals surface area (Å²) in [5, 5.41) is 4.88. The molecule has 0 aliphatic carbocycles. The quantitative estimate of drug-likeness (QED) is 0.195. The van der Waals surface area contributed by atoms with Gasteiger partial charge in [0.2, 0.25) is 0 Å². The average molecular weight is 574 g/mol. The minimum Gasteiger partial charge on any atom is -0.453 e. The number of hydrogen-bond donors (Lipinski definition) is 0. The summed E-state index contributed by atoms with van der Waals surface area (Å²) < 4.78 is 6.64. The first-order valence-corrected chi connectivity index (χ1v) is 15.6. The number of rotatable bonds is 3. The second-order valence-corrected chi connectivity index (χ2v) is 12.8. The van der Waals surface area contributed by atoms with E-state index in [1.807, 2.05) is 23.9 Å². The van der Waals surface area contributed by atoms with Crippen LogP contribution in [0.2, 0.25) is 0 Å². The smallest absolute Gasteiger partial charge is 0.151 e. The molecule has 0 atom stereocenters. The van der Waals surface area contributed by atoms with Gasteiger partial charge in [0, 0.05) is 20.9 Å². The Balaban J connectivity index is 1.38. The van der Waals surface area contributed by atoms with Gasteiger partial charge in [0.05, 0.1) is 11.4 Å². The van der Waals surface area contributed by atoms with E-state index in [1.165, 1.54) is 48.0 Å². The van der Waals surface area contributed by atoms with Gasteiger partial charge in [0.15, 0.2) is 11.5 Å². The molecule has 0 radical (unpaired) electrons. The van der Waals surface area contributed by atoms with Crippen molar-refractivity contribution in [2.24, 2.45) is 0 Å². The summed E-state index contributed by atoms with van der Waals surface area (Å²) in [5.74, 6) is 1.74. The van der Waals surface area contributed by atoms with Crippen molar-refractivity contribution < 1.29 is 4.74 Å². The summed E-state index contributed by atoms with van der Waals surface area (Å²) in [4.78, 5) is 4.95. The number of hydrogen-bond acceptors (Lipinski definition) is 3. The zero-order valence-electron chi connectivity index (χ0n) is 24.5. The van der Waals surface area contributed by atoms with Gasteiger partial charge in [-0.2, -0.15) is 0 Å². The zero-order valence-corrected chi connectivity index (χ0v) is 25.3. The van der Waals surface area contributed by atoms with Gasteiger partial charge in [0.25, 0.3) is 0 Å². The van der Waals surface area contributed by atoms with E-state index in [9.17, 15) is 0 Å². The van der Waals surface area contributed by atoms with Crippen LogP contribution in [0.4, 0.5) is 17.1 Å². The van der Waals surface area contributed by atoms with Gasteiger partial charge in [-0.15, -0.1) is 0 Å². The number of fused-ring (bicyclic) bond motifs is 7. The first-order valence-electron chi connectivity index (χ1n) is 14.8. The van der Waals surface area contributed by atoms with Crippen LogP contribution in [-0.2, 0) is 5.41 Å². The maximum absolute atomic E-state index is 6.64. The van der Waals surface area contributed by atoms with Crippen LogP contribution in [0, 0.1) is 0 Å². The summed E-state index contributed by atoms with van der Waals surface area (Å²) in [5.41, 5.74) is 8.08. The molecule has 0 N–H and O–H groups in total. The number of nitrogens with zero attached hydrogens (tertiary/aromatic N) is 1. The van der Waals surface area contributed by atoms with Crippen molar-refractivity contribution >= 4 is 62.5 Å². The number of para-hydroxylation sites is 2. The van der Waals surface area contributed by atoms with Crippen LogP contribution >= 0.6 is 11.8 Å². The fraction of sp³-hybridized carbons (Fsp3) is 0.100. The molecule has 0 saturated carbocycles. The molecule has 3 heteroatoms. The van der Waals surface area contributed by atoms with Gasteiger partial charge in [-0.1, -0.05) is 111 Å². The molecule has 8 rings (SSSR count). The summed E-state index contributed by atoms with van der Waals surface area (Å²) in [6.45, 7) is 10.9. The molecule has 2 heterocycles. The molecule has 0 saturated heterocycles. The normalized spacial score (nSPS) is 14.6. The second kappa shape index (κ2) is 9.65. The summed E-state index contributed by atoms with van der Waals surface area (Å²) >= 11 is 1.85. The Bertz CT molecular complexity index is 2160. The number of ether oxygens (including phenoxy) is 1. The van der Waals surface area contributed by atoms with Crippen molar-refractivity contribution in [2.75, 3.05) is 4.90 Å². The molecule has 2 aliphatic rings. The average Bonchev–Trinajstić information content (AvgIpc) is 3.03. The van der Waals surface area contributed by atoms with Crippen LogP contribution in [0.15, 0.2) is 126 Å². The zero-order chi connectivity index (χ0) is 29.3. The summed E-state index contributed by atoms with van der Waals surface area (Å²) in [6, 6.07) is 37.2. The van der Waals surface area contributed by atoms with E-state index in [2.05, 4.69) is 141 Å². The molecule has 0 spiro atoms. The van der Waals surface area contributed by atoms with Gasteiger partial charge < -0.3 is 9.64 Å². The Kier molecular flexibility index (Phi) is 5.82. The first kappa shape index (κ1) is 25.9. The number of allylic oxidation sites excluding steroid dienone is 1. The molecular formula is C40H31NOS. The predicted octanol–water partition coefficient (Wildman–Crippen LogP) is 12.0. The molecule has 6 aromatic carbocycles. The maximum Gasteiger partial charge on any atom is 0.151 e. The minimum absolute atomic E-state index is 0.134. The molecule has 2 nitrogen and oxygen atoms in total. The van der Waals surface area contributed by atoms with Crippen LogP contribution in [-0.4, -0.2) is 0 Å². The van der Waals surface area contributed by atoms with Gasteiger partial charge in [0.1, 0.15) is 0 Å². The van der Waals surface area contributed by atoms with Crippen molar-refractivity contribution in [3.05, 3.63) is 138 Å². The minimum atomic E-state index is -0.134. The fourth-order valence-electron chi connectivity index (χ4n) is 6.91. The molecule has 0 aromatic heterocycles. The summed E-state index contributed by atoms with van der Waals surface area (Å²) in [6.07, 6.45) is 6.29. The Morgan fingerprint density at radius 3 is 2.26 bits per heavy atom. The van der Waals surface area contributed by atoms with E-state index in [4.69, 9.17) is 4.74 Å². The van der Waals surface area contributed by atoms with Crippen LogP contribution in [0.5, 0.6) is 11.5 Å². The maximum atomic E-state index is 6.64. The Morgan fingerprint density at radius 2 is 1.42 bits per heavy atom. The van der Waals surface area contributed by atoms with Gasteiger partial charge in [-0.3, -0.25) is 0 Å². The number of anilines is 3. The highest BCUT2D eigenvalue weighted by Gasteiger charge is 2.36. The van der Waals surface area contributed by atoms with E-state index in [0.29, 0.717) is 0 Å². The topological polar surface area (TPSA) is 12.5 Å². The number of benzene rings is 6. The Labute approximate surface area is 256 Å². The van der Waals surface area contributed by atoms with E-state index in [0.717, 1.165) is 34.1 Å². The molecule has 43 heavy (non-hydrogen) atoms. The lowest BCUT2D eigenvalue weighted by molar-refractivity contribution is 0.472. The highest BCUT2D eigenvalue weighted by atomic mass is 32.2. The van der Waals surface area contributed by atoms with Crippen molar-refractivity contribution in [1.82, 2.24) is 0 Å². The monoisotopic (exact) mass is 573 g/mol. The lowest BCUT2D eigenvalue weighted by Gasteiger charge is -2.38. The molecule has 0 amide bonds. The standard InChI is InChI=1S/C40H31NOS/c1-5-13-27-26(6-2)30-21-20-25(22-31(30)29-15-8-7-14-28(27)29)41-34-17-10-11-18-36(34)42-37-23-33-39(24-35(37)41)43-38-19-12-9-16-32(38)40(33,3)4/h5-24H,2H2,1,3-4H3/b13-5-. The third-order valence-electron chi connectivity index (χ3n) is 8.97. The fourth-order valence-corrected chi connectivity index (χ4v) is 8.32.